The van der Waals surface area contributed by atoms with Crippen molar-refractivity contribution < 1.29 is 19.2 Å². The molecule has 0 atom stereocenters. The lowest BCUT2D eigenvalue weighted by atomic mass is 10.2. The first-order valence-corrected chi connectivity index (χ1v) is 8.33. The number of hydrogen-bond acceptors (Lipinski definition) is 5. The molecule has 0 aromatic heterocycles. The van der Waals surface area contributed by atoms with E-state index in [2.05, 4.69) is 15.9 Å². The van der Waals surface area contributed by atoms with Crippen LogP contribution in [0.25, 0.3) is 0 Å². The smallest absolute Gasteiger partial charge is 0.338 e. The van der Waals surface area contributed by atoms with E-state index in [0.29, 0.717) is 6.54 Å². The summed E-state index contributed by atoms with van der Waals surface area (Å²) < 4.78 is 5.28. The van der Waals surface area contributed by atoms with Gasteiger partial charge in [-0.3, -0.25) is 14.9 Å². The van der Waals surface area contributed by atoms with Crippen LogP contribution in [0.4, 0.5) is 5.69 Å². The molecule has 0 saturated carbocycles. The summed E-state index contributed by atoms with van der Waals surface area (Å²) in [7, 11) is 0. The van der Waals surface area contributed by atoms with Gasteiger partial charge in [0.25, 0.3) is 11.6 Å². The maximum Gasteiger partial charge on any atom is 0.338 e. The molecule has 24 heavy (non-hydrogen) atoms. The fourth-order valence-corrected chi connectivity index (χ4v) is 2.90. The molecule has 2 rings (SSSR count). The molecule has 0 radical (unpaired) electrons. The highest BCUT2D eigenvalue weighted by molar-refractivity contribution is 9.10. The number of likely N-dealkylation sites (N-methyl/N-ethyl adjacent to an activating group) is 1. The number of hydrogen-bond donors (Lipinski definition) is 0. The number of carbonyl (C=O) groups excluding carboxylic acids is 2. The number of amides is 1. The molecule has 7 nitrogen and oxygen atoms in total. The fourth-order valence-electron chi connectivity index (χ4n) is 2.51. The van der Waals surface area contributed by atoms with E-state index in [-0.39, 0.29) is 21.6 Å². The van der Waals surface area contributed by atoms with Crippen LogP contribution < -0.4 is 0 Å². The maximum absolute atomic E-state index is 12.2. The van der Waals surface area contributed by atoms with Gasteiger partial charge < -0.3 is 9.64 Å². The van der Waals surface area contributed by atoms with Gasteiger partial charge in [-0.1, -0.05) is 6.08 Å². The van der Waals surface area contributed by atoms with E-state index < -0.39 is 17.5 Å². The Balaban J connectivity index is 2.01. The number of carbonyl (C=O) groups is 2. The van der Waals surface area contributed by atoms with Crippen molar-refractivity contribution in [2.75, 3.05) is 13.2 Å². The average Bonchev–Trinajstić information content (AvgIpc) is 3.07. The maximum atomic E-state index is 12.2. The third kappa shape index (κ3) is 4.19. The zero-order valence-electron chi connectivity index (χ0n) is 13.2. The molecule has 0 heterocycles. The van der Waals surface area contributed by atoms with Crippen molar-refractivity contribution in [1.82, 2.24) is 4.90 Å². The number of esters is 1. The molecular weight excluding hydrogens is 380 g/mol. The standard InChI is InChI=1S/C16H17BrN2O5/c1-2-18(12-5-3-4-6-12)15(20)10-24-16(21)11-7-8-13(17)14(9-11)19(22)23/h5,7-9H,2-4,6,10H2,1H3. The van der Waals surface area contributed by atoms with Gasteiger partial charge >= 0.3 is 5.97 Å². The second-order valence-electron chi connectivity index (χ2n) is 5.23. The molecule has 0 aliphatic heterocycles. The van der Waals surface area contributed by atoms with Crippen LogP contribution in [0.15, 0.2) is 34.4 Å². The minimum Gasteiger partial charge on any atom is -0.452 e. The van der Waals surface area contributed by atoms with Crippen LogP contribution in [-0.2, 0) is 9.53 Å². The van der Waals surface area contributed by atoms with Crippen molar-refractivity contribution in [1.29, 1.82) is 0 Å². The molecule has 0 unspecified atom stereocenters. The van der Waals surface area contributed by atoms with E-state index in [1.165, 1.54) is 12.1 Å². The number of nitro groups is 1. The molecule has 1 aliphatic rings. The van der Waals surface area contributed by atoms with Gasteiger partial charge in [-0.2, -0.15) is 0 Å². The Morgan fingerprint density at radius 2 is 2.17 bits per heavy atom. The van der Waals surface area contributed by atoms with E-state index in [1.807, 2.05) is 13.0 Å². The summed E-state index contributed by atoms with van der Waals surface area (Å²) in [4.78, 5) is 36.1. The van der Waals surface area contributed by atoms with Gasteiger partial charge in [0.05, 0.1) is 15.0 Å². The zero-order chi connectivity index (χ0) is 17.7. The molecule has 0 saturated heterocycles. The normalized spacial score (nSPS) is 13.3. The van der Waals surface area contributed by atoms with Crippen molar-refractivity contribution in [3.8, 4) is 0 Å². The summed E-state index contributed by atoms with van der Waals surface area (Å²) in [5, 5.41) is 10.9. The highest BCUT2D eigenvalue weighted by Gasteiger charge is 2.21. The molecule has 0 spiro atoms. The molecule has 0 fully saturated rings. The molecule has 1 aromatic carbocycles. The van der Waals surface area contributed by atoms with Gasteiger partial charge in [0, 0.05) is 18.3 Å². The van der Waals surface area contributed by atoms with Crippen molar-refractivity contribution in [2.45, 2.75) is 26.2 Å². The molecule has 1 amide bonds. The quantitative estimate of drug-likeness (QED) is 0.417. The predicted octanol–water partition coefficient (Wildman–Crippen LogP) is 3.43. The molecule has 8 heteroatoms. The second kappa shape index (κ2) is 8.05. The SMILES string of the molecule is CCN(C(=O)COC(=O)c1ccc(Br)c([N+](=O)[O-])c1)C1=CCCC1. The van der Waals surface area contributed by atoms with Gasteiger partial charge in [0.15, 0.2) is 6.61 Å². The van der Waals surface area contributed by atoms with Gasteiger partial charge in [-0.15, -0.1) is 0 Å². The Kier molecular flexibility index (Phi) is 6.08. The predicted molar refractivity (Wildman–Crippen MR) is 90.4 cm³/mol. The number of allylic oxidation sites excluding steroid dienone is 2. The Labute approximate surface area is 147 Å². The highest BCUT2D eigenvalue weighted by Crippen LogP contribution is 2.26. The van der Waals surface area contributed by atoms with Crippen LogP contribution in [0.1, 0.15) is 36.5 Å². The summed E-state index contributed by atoms with van der Waals surface area (Å²) in [5.41, 5.74) is 0.751. The summed E-state index contributed by atoms with van der Waals surface area (Å²) >= 11 is 3.05. The number of ether oxygens (including phenoxy) is 1. The highest BCUT2D eigenvalue weighted by atomic mass is 79.9. The number of nitro benzene ring substituents is 1. The van der Waals surface area contributed by atoms with Gasteiger partial charge in [0.2, 0.25) is 0 Å². The van der Waals surface area contributed by atoms with Crippen LogP contribution in [-0.4, -0.2) is 34.9 Å². The van der Waals surface area contributed by atoms with Crippen molar-refractivity contribution in [3.05, 3.63) is 50.1 Å². The Bertz CT molecular complexity index is 702. The van der Waals surface area contributed by atoms with Crippen LogP contribution in [0.2, 0.25) is 0 Å². The van der Waals surface area contributed by atoms with Gasteiger partial charge in [-0.05, 0) is 54.2 Å². The first-order chi connectivity index (χ1) is 11.4. The summed E-state index contributed by atoms with van der Waals surface area (Å²) in [6.45, 7) is 1.97. The van der Waals surface area contributed by atoms with Crippen molar-refractivity contribution in [2.24, 2.45) is 0 Å². The third-order valence-corrected chi connectivity index (χ3v) is 4.36. The minimum atomic E-state index is -0.768. The average molecular weight is 397 g/mol. The lowest BCUT2D eigenvalue weighted by Gasteiger charge is -2.22. The van der Waals surface area contributed by atoms with E-state index in [9.17, 15) is 19.7 Å². The minimum absolute atomic E-state index is 0.0285. The van der Waals surface area contributed by atoms with Gasteiger partial charge in [0.1, 0.15) is 0 Å². The first kappa shape index (κ1) is 18.1. The van der Waals surface area contributed by atoms with E-state index in [4.69, 9.17) is 4.74 Å². The van der Waals surface area contributed by atoms with Crippen LogP contribution >= 0.6 is 15.9 Å². The lowest BCUT2D eigenvalue weighted by Crippen LogP contribution is -2.33. The molecule has 0 bridgehead atoms. The summed E-state index contributed by atoms with van der Waals surface area (Å²) in [6.07, 6.45) is 4.82. The molecule has 128 valence electrons. The molecule has 0 N–H and O–H groups in total. The summed E-state index contributed by atoms with van der Waals surface area (Å²) in [5.74, 6) is -1.07. The first-order valence-electron chi connectivity index (χ1n) is 7.54. The topological polar surface area (TPSA) is 89.8 Å². The number of benzene rings is 1. The van der Waals surface area contributed by atoms with E-state index >= 15 is 0 Å². The zero-order valence-corrected chi connectivity index (χ0v) is 14.7. The molecule has 1 aliphatic carbocycles. The summed E-state index contributed by atoms with van der Waals surface area (Å²) in [6, 6.07) is 3.92. The molecule has 1 aromatic rings. The number of nitrogens with zero attached hydrogens (tertiary/aromatic N) is 2. The van der Waals surface area contributed by atoms with Gasteiger partial charge in [-0.25, -0.2) is 4.79 Å². The number of rotatable bonds is 6. The molecular formula is C16H17BrN2O5. The van der Waals surface area contributed by atoms with Crippen molar-refractivity contribution >= 4 is 33.5 Å². The van der Waals surface area contributed by atoms with Crippen LogP contribution in [0, 0.1) is 10.1 Å². The second-order valence-corrected chi connectivity index (χ2v) is 6.08. The number of halogens is 1. The van der Waals surface area contributed by atoms with E-state index in [1.54, 1.807) is 4.90 Å². The van der Waals surface area contributed by atoms with Crippen molar-refractivity contribution in [3.63, 3.8) is 0 Å². The fraction of sp³-hybridized carbons (Fsp3) is 0.375. The third-order valence-electron chi connectivity index (χ3n) is 3.69. The van der Waals surface area contributed by atoms with Crippen LogP contribution in [0.5, 0.6) is 0 Å². The largest absolute Gasteiger partial charge is 0.452 e. The van der Waals surface area contributed by atoms with Crippen LogP contribution in [0.3, 0.4) is 0 Å². The monoisotopic (exact) mass is 396 g/mol. The Hall–Kier alpha value is -2.22. The Morgan fingerprint density at radius 3 is 2.75 bits per heavy atom. The lowest BCUT2D eigenvalue weighted by molar-refractivity contribution is -0.385. The Morgan fingerprint density at radius 1 is 1.42 bits per heavy atom. The van der Waals surface area contributed by atoms with E-state index in [0.717, 1.165) is 31.0 Å².